The average molecular weight is 405 g/mol. The van der Waals surface area contributed by atoms with Crippen molar-refractivity contribution in [1.29, 1.82) is 0 Å². The van der Waals surface area contributed by atoms with Gasteiger partial charge in [0.15, 0.2) is 0 Å². The summed E-state index contributed by atoms with van der Waals surface area (Å²) in [5.74, 6) is -0.0723. The Kier molecular flexibility index (Phi) is 4.97. The minimum absolute atomic E-state index is 0.0310. The van der Waals surface area contributed by atoms with Crippen molar-refractivity contribution in [2.45, 2.75) is 49.2 Å². The van der Waals surface area contributed by atoms with Crippen molar-refractivity contribution < 1.29 is 13.2 Å². The molecule has 2 aromatic carbocycles. The number of nitrogens with zero attached hydrogens (tertiary/aromatic N) is 1. The molecule has 0 atom stereocenters. The highest BCUT2D eigenvalue weighted by Crippen LogP contribution is 2.33. The molecule has 142 valence electrons. The van der Waals surface area contributed by atoms with Gasteiger partial charge in [-0.25, -0.2) is 8.42 Å². The molecule has 7 heteroatoms. The first-order chi connectivity index (χ1) is 12.9. The number of hydrogen-bond acceptors (Lipinski definition) is 3. The van der Waals surface area contributed by atoms with Crippen LogP contribution in [0.25, 0.3) is 0 Å². The fourth-order valence-corrected chi connectivity index (χ4v) is 4.75. The Morgan fingerprint density at radius 2 is 1.63 bits per heavy atom. The van der Waals surface area contributed by atoms with Crippen molar-refractivity contribution in [3.8, 4) is 0 Å². The van der Waals surface area contributed by atoms with Crippen LogP contribution in [0.4, 0.5) is 0 Å². The van der Waals surface area contributed by atoms with Gasteiger partial charge >= 0.3 is 0 Å². The molecule has 0 radical (unpaired) electrons. The molecule has 1 amide bonds. The molecule has 2 aromatic rings. The fraction of sp³-hybridized carbons (Fsp3) is 0.350. The molecular formula is C20H21ClN2O3S. The van der Waals surface area contributed by atoms with E-state index in [4.69, 9.17) is 11.6 Å². The van der Waals surface area contributed by atoms with Gasteiger partial charge in [0.2, 0.25) is 10.0 Å². The molecule has 0 aromatic heterocycles. The van der Waals surface area contributed by atoms with Crippen LogP contribution in [0.3, 0.4) is 0 Å². The summed E-state index contributed by atoms with van der Waals surface area (Å²) in [5, 5.41) is 3.46. The van der Waals surface area contributed by atoms with Crippen molar-refractivity contribution in [3.63, 3.8) is 0 Å². The highest BCUT2D eigenvalue weighted by molar-refractivity contribution is 7.89. The molecule has 0 heterocycles. The number of amides is 1. The third-order valence-electron chi connectivity index (χ3n) is 4.84. The molecule has 0 bridgehead atoms. The third-order valence-corrected chi connectivity index (χ3v) is 7.01. The van der Waals surface area contributed by atoms with Crippen LogP contribution >= 0.6 is 11.6 Å². The van der Waals surface area contributed by atoms with Gasteiger partial charge in [0.1, 0.15) is 0 Å². The molecule has 0 spiro atoms. The second-order valence-corrected chi connectivity index (χ2v) is 9.51. The predicted molar refractivity (Wildman–Crippen MR) is 104 cm³/mol. The Hall–Kier alpha value is -1.89. The third kappa shape index (κ3) is 4.34. The van der Waals surface area contributed by atoms with Crippen LogP contribution in [0.15, 0.2) is 53.4 Å². The summed E-state index contributed by atoms with van der Waals surface area (Å²) in [7, 11) is -3.59. The van der Waals surface area contributed by atoms with E-state index in [1.165, 1.54) is 0 Å². The van der Waals surface area contributed by atoms with E-state index in [1.807, 2.05) is 12.1 Å². The second kappa shape index (κ2) is 7.26. The normalized spacial score (nSPS) is 17.1. The van der Waals surface area contributed by atoms with Gasteiger partial charge < -0.3 is 5.32 Å². The molecule has 0 saturated heterocycles. The number of nitrogens with one attached hydrogen (secondary N) is 1. The van der Waals surface area contributed by atoms with Crippen LogP contribution in [0.5, 0.6) is 0 Å². The van der Waals surface area contributed by atoms with E-state index in [0.29, 0.717) is 23.2 Å². The zero-order chi connectivity index (χ0) is 19.0. The molecule has 0 unspecified atom stereocenters. The lowest BCUT2D eigenvalue weighted by Gasteiger charge is -2.22. The fourth-order valence-electron chi connectivity index (χ4n) is 2.95. The number of halogens is 1. The number of carbonyl (C=O) groups excluding carboxylic acids is 1. The molecule has 2 aliphatic rings. The van der Waals surface area contributed by atoms with E-state index in [2.05, 4.69) is 5.32 Å². The Balaban J connectivity index is 1.51. The van der Waals surface area contributed by atoms with Crippen molar-refractivity contribution in [2.75, 3.05) is 0 Å². The molecule has 2 saturated carbocycles. The maximum Gasteiger partial charge on any atom is 0.251 e. The van der Waals surface area contributed by atoms with E-state index >= 15 is 0 Å². The van der Waals surface area contributed by atoms with E-state index in [9.17, 15) is 13.2 Å². The lowest BCUT2D eigenvalue weighted by Crippen LogP contribution is -2.32. The maximum absolute atomic E-state index is 13.1. The van der Waals surface area contributed by atoms with Gasteiger partial charge in [-0.3, -0.25) is 4.79 Å². The lowest BCUT2D eigenvalue weighted by atomic mass is 10.1. The maximum atomic E-state index is 13.1. The summed E-state index contributed by atoms with van der Waals surface area (Å²) in [6, 6.07) is 13.8. The Morgan fingerprint density at radius 1 is 1.00 bits per heavy atom. The van der Waals surface area contributed by atoms with Gasteiger partial charge in [-0.2, -0.15) is 4.31 Å². The molecule has 1 N–H and O–H groups in total. The second-order valence-electron chi connectivity index (χ2n) is 7.18. The molecule has 2 fully saturated rings. The summed E-state index contributed by atoms with van der Waals surface area (Å²) in [4.78, 5) is 12.3. The molecule has 0 aliphatic heterocycles. The minimum Gasteiger partial charge on any atom is -0.349 e. The van der Waals surface area contributed by atoms with Gasteiger partial charge in [0.05, 0.1) is 4.90 Å². The van der Waals surface area contributed by atoms with Gasteiger partial charge in [-0.15, -0.1) is 0 Å². The van der Waals surface area contributed by atoms with Gasteiger partial charge in [0, 0.05) is 29.2 Å². The highest BCUT2D eigenvalue weighted by Gasteiger charge is 2.38. The summed E-state index contributed by atoms with van der Waals surface area (Å²) < 4.78 is 27.7. The molecule has 5 nitrogen and oxygen atoms in total. The van der Waals surface area contributed by atoms with Gasteiger partial charge in [-0.1, -0.05) is 23.7 Å². The largest absolute Gasteiger partial charge is 0.349 e. The zero-order valence-corrected chi connectivity index (χ0v) is 16.3. The topological polar surface area (TPSA) is 66.5 Å². The number of benzene rings is 2. The van der Waals surface area contributed by atoms with Crippen molar-refractivity contribution in [1.82, 2.24) is 9.62 Å². The number of carbonyl (C=O) groups is 1. The highest BCUT2D eigenvalue weighted by atomic mass is 35.5. The smallest absolute Gasteiger partial charge is 0.251 e. The zero-order valence-electron chi connectivity index (χ0n) is 14.8. The Labute approximate surface area is 164 Å². The van der Waals surface area contributed by atoms with Crippen LogP contribution in [-0.2, 0) is 16.6 Å². The average Bonchev–Trinajstić information content (AvgIpc) is 3.55. The van der Waals surface area contributed by atoms with Gasteiger partial charge in [-0.05, 0) is 67.6 Å². The van der Waals surface area contributed by atoms with E-state index < -0.39 is 10.0 Å². The van der Waals surface area contributed by atoms with Crippen molar-refractivity contribution in [2.24, 2.45) is 0 Å². The number of sulfonamides is 1. The SMILES string of the molecule is O=C(NC1CC1)c1ccc(CN(C2CC2)S(=O)(=O)c2ccc(Cl)cc2)cc1. The number of rotatable bonds is 7. The van der Waals surface area contributed by atoms with Crippen LogP contribution in [0, 0.1) is 0 Å². The van der Waals surface area contributed by atoms with Crippen LogP contribution in [0.2, 0.25) is 5.02 Å². The lowest BCUT2D eigenvalue weighted by molar-refractivity contribution is 0.0951. The van der Waals surface area contributed by atoms with E-state index in [1.54, 1.807) is 40.7 Å². The van der Waals surface area contributed by atoms with Crippen LogP contribution < -0.4 is 5.32 Å². The van der Waals surface area contributed by atoms with Crippen molar-refractivity contribution in [3.05, 3.63) is 64.7 Å². The Morgan fingerprint density at radius 3 is 2.19 bits per heavy atom. The molecular weight excluding hydrogens is 384 g/mol. The molecule has 2 aliphatic carbocycles. The Bertz CT molecular complexity index is 934. The molecule has 4 rings (SSSR count). The van der Waals surface area contributed by atoms with Crippen molar-refractivity contribution >= 4 is 27.5 Å². The van der Waals surface area contributed by atoms with Gasteiger partial charge in [0.25, 0.3) is 5.91 Å². The first-order valence-electron chi connectivity index (χ1n) is 9.11. The molecule has 27 heavy (non-hydrogen) atoms. The predicted octanol–water partition coefficient (Wildman–Crippen LogP) is 3.59. The summed E-state index contributed by atoms with van der Waals surface area (Å²) in [6.45, 7) is 0.292. The minimum atomic E-state index is -3.59. The summed E-state index contributed by atoms with van der Waals surface area (Å²) >= 11 is 5.88. The standard InChI is InChI=1S/C20H21ClN2O3S/c21-16-5-11-19(12-6-16)27(25,26)23(18-9-10-18)13-14-1-3-15(4-2-14)20(24)22-17-7-8-17/h1-6,11-12,17-18H,7-10,13H2,(H,22,24). The quantitative estimate of drug-likeness (QED) is 0.766. The monoisotopic (exact) mass is 404 g/mol. The number of hydrogen-bond donors (Lipinski definition) is 1. The van der Waals surface area contributed by atoms with E-state index in [-0.39, 0.29) is 16.8 Å². The van der Waals surface area contributed by atoms with Crippen LogP contribution in [-0.4, -0.2) is 30.7 Å². The summed E-state index contributed by atoms with van der Waals surface area (Å²) in [6.07, 6.45) is 3.83. The first kappa shape index (κ1) is 18.5. The first-order valence-corrected chi connectivity index (χ1v) is 10.9. The van der Waals surface area contributed by atoms with E-state index in [0.717, 1.165) is 31.2 Å². The summed E-state index contributed by atoms with van der Waals surface area (Å²) in [5.41, 5.74) is 1.46. The van der Waals surface area contributed by atoms with Crippen LogP contribution in [0.1, 0.15) is 41.6 Å².